The standard InChI is InChI=1S/C18H30N6/c1-4-5-10-22(3)14-16-20-18-19-15(2)13-17(24(18)21-16)23-11-8-6-7-9-12-23/h13H,4-12,14H2,1-3H3. The number of aryl methyl sites for hydroxylation is 1. The summed E-state index contributed by atoms with van der Waals surface area (Å²) in [7, 11) is 2.13. The van der Waals surface area contributed by atoms with Gasteiger partial charge in [0.05, 0.1) is 6.54 Å². The lowest BCUT2D eigenvalue weighted by molar-refractivity contribution is 0.313. The predicted molar refractivity (Wildman–Crippen MR) is 97.4 cm³/mol. The molecule has 0 aromatic carbocycles. The van der Waals surface area contributed by atoms with Crippen LogP contribution in [-0.2, 0) is 6.54 Å². The smallest absolute Gasteiger partial charge is 0.254 e. The second-order valence-electron chi connectivity index (χ2n) is 6.99. The number of fused-ring (bicyclic) bond motifs is 1. The minimum atomic E-state index is 0.730. The molecular formula is C18H30N6. The largest absolute Gasteiger partial charge is 0.356 e. The van der Waals surface area contributed by atoms with E-state index in [0.717, 1.165) is 49.3 Å². The van der Waals surface area contributed by atoms with Crippen LogP contribution in [0.3, 0.4) is 0 Å². The van der Waals surface area contributed by atoms with Crippen LogP contribution in [0.15, 0.2) is 6.07 Å². The summed E-state index contributed by atoms with van der Waals surface area (Å²) < 4.78 is 1.95. The monoisotopic (exact) mass is 330 g/mol. The summed E-state index contributed by atoms with van der Waals surface area (Å²) in [5, 5.41) is 4.77. The molecule has 0 unspecified atom stereocenters. The molecule has 0 radical (unpaired) electrons. The Hall–Kier alpha value is -1.69. The highest BCUT2D eigenvalue weighted by molar-refractivity contribution is 5.47. The van der Waals surface area contributed by atoms with E-state index in [9.17, 15) is 0 Å². The maximum Gasteiger partial charge on any atom is 0.254 e. The van der Waals surface area contributed by atoms with Gasteiger partial charge in [-0.15, -0.1) is 5.10 Å². The van der Waals surface area contributed by atoms with E-state index in [-0.39, 0.29) is 0 Å². The van der Waals surface area contributed by atoms with Gasteiger partial charge in [0.1, 0.15) is 5.82 Å². The molecule has 0 saturated carbocycles. The molecule has 1 aliphatic rings. The van der Waals surface area contributed by atoms with Gasteiger partial charge in [0.25, 0.3) is 5.78 Å². The highest BCUT2D eigenvalue weighted by atomic mass is 15.4. The molecule has 0 atom stereocenters. The Morgan fingerprint density at radius 2 is 1.88 bits per heavy atom. The summed E-state index contributed by atoms with van der Waals surface area (Å²) in [4.78, 5) is 14.0. The predicted octanol–water partition coefficient (Wildman–Crippen LogP) is 3.05. The molecular weight excluding hydrogens is 300 g/mol. The summed E-state index contributed by atoms with van der Waals surface area (Å²) in [6.45, 7) is 8.33. The number of anilines is 1. The van der Waals surface area contributed by atoms with Gasteiger partial charge in [-0.25, -0.2) is 4.98 Å². The highest BCUT2D eigenvalue weighted by Gasteiger charge is 2.17. The molecule has 6 nitrogen and oxygen atoms in total. The van der Waals surface area contributed by atoms with Crippen molar-refractivity contribution in [3.05, 3.63) is 17.6 Å². The van der Waals surface area contributed by atoms with Gasteiger partial charge in [-0.1, -0.05) is 26.2 Å². The number of rotatable bonds is 6. The SMILES string of the molecule is CCCCN(C)Cc1nc2nc(C)cc(N3CCCCCC3)n2n1. The lowest BCUT2D eigenvalue weighted by atomic mass is 10.2. The highest BCUT2D eigenvalue weighted by Crippen LogP contribution is 2.21. The fraction of sp³-hybridized carbons (Fsp3) is 0.722. The summed E-state index contributed by atoms with van der Waals surface area (Å²) in [6.07, 6.45) is 7.58. The Bertz CT molecular complexity index is 657. The lowest BCUT2D eigenvalue weighted by Gasteiger charge is -2.22. The first-order valence-electron chi connectivity index (χ1n) is 9.34. The minimum Gasteiger partial charge on any atom is -0.356 e. The summed E-state index contributed by atoms with van der Waals surface area (Å²) >= 11 is 0. The zero-order valence-electron chi connectivity index (χ0n) is 15.3. The first-order chi connectivity index (χ1) is 11.7. The third-order valence-electron chi connectivity index (χ3n) is 4.70. The maximum absolute atomic E-state index is 4.77. The van der Waals surface area contributed by atoms with E-state index in [4.69, 9.17) is 5.10 Å². The van der Waals surface area contributed by atoms with E-state index < -0.39 is 0 Å². The average Bonchev–Trinajstić information content (AvgIpc) is 2.78. The number of hydrogen-bond donors (Lipinski definition) is 0. The van der Waals surface area contributed by atoms with Crippen molar-refractivity contribution in [2.45, 2.75) is 58.9 Å². The number of unbranched alkanes of at least 4 members (excludes halogenated alkanes) is 1. The molecule has 0 aliphatic carbocycles. The molecule has 0 amide bonds. The molecule has 2 aromatic heterocycles. The van der Waals surface area contributed by atoms with Gasteiger partial charge in [0.2, 0.25) is 0 Å². The van der Waals surface area contributed by atoms with E-state index >= 15 is 0 Å². The molecule has 1 aliphatic heterocycles. The molecule has 1 fully saturated rings. The van der Waals surface area contributed by atoms with E-state index in [1.807, 2.05) is 11.4 Å². The molecule has 2 aromatic rings. The quantitative estimate of drug-likeness (QED) is 0.815. The first-order valence-corrected chi connectivity index (χ1v) is 9.34. The van der Waals surface area contributed by atoms with Crippen LogP contribution in [-0.4, -0.2) is 51.2 Å². The third-order valence-corrected chi connectivity index (χ3v) is 4.70. The Morgan fingerprint density at radius 1 is 1.12 bits per heavy atom. The van der Waals surface area contributed by atoms with Crippen LogP contribution in [0, 0.1) is 6.92 Å². The maximum atomic E-state index is 4.77. The van der Waals surface area contributed by atoms with Crippen molar-refractivity contribution in [2.75, 3.05) is 31.6 Å². The molecule has 3 heterocycles. The van der Waals surface area contributed by atoms with Crippen molar-refractivity contribution < 1.29 is 0 Å². The molecule has 0 N–H and O–H groups in total. The van der Waals surface area contributed by atoms with E-state index in [2.05, 4.69) is 39.8 Å². The second kappa shape index (κ2) is 7.92. The zero-order valence-corrected chi connectivity index (χ0v) is 15.3. The fourth-order valence-corrected chi connectivity index (χ4v) is 3.35. The third kappa shape index (κ3) is 4.04. The van der Waals surface area contributed by atoms with Crippen molar-refractivity contribution >= 4 is 11.6 Å². The molecule has 24 heavy (non-hydrogen) atoms. The van der Waals surface area contributed by atoms with Gasteiger partial charge >= 0.3 is 0 Å². The fourth-order valence-electron chi connectivity index (χ4n) is 3.35. The van der Waals surface area contributed by atoms with Crippen LogP contribution >= 0.6 is 0 Å². The van der Waals surface area contributed by atoms with Gasteiger partial charge in [0, 0.05) is 24.8 Å². The van der Waals surface area contributed by atoms with Crippen molar-refractivity contribution in [1.82, 2.24) is 24.5 Å². The Morgan fingerprint density at radius 3 is 2.58 bits per heavy atom. The van der Waals surface area contributed by atoms with Gasteiger partial charge < -0.3 is 4.90 Å². The Labute approximate surface area is 144 Å². The topological polar surface area (TPSA) is 49.6 Å². The van der Waals surface area contributed by atoms with Crippen molar-refractivity contribution in [1.29, 1.82) is 0 Å². The van der Waals surface area contributed by atoms with Crippen molar-refractivity contribution in [2.24, 2.45) is 0 Å². The van der Waals surface area contributed by atoms with E-state index in [0.29, 0.717) is 0 Å². The van der Waals surface area contributed by atoms with Gasteiger partial charge in [0.15, 0.2) is 5.82 Å². The van der Waals surface area contributed by atoms with Crippen LogP contribution in [0.1, 0.15) is 57.0 Å². The van der Waals surface area contributed by atoms with Crippen molar-refractivity contribution in [3.63, 3.8) is 0 Å². The van der Waals surface area contributed by atoms with Crippen LogP contribution in [0.4, 0.5) is 5.82 Å². The lowest BCUT2D eigenvalue weighted by Crippen LogP contribution is -2.26. The molecule has 0 bridgehead atoms. The Balaban J connectivity index is 1.86. The zero-order chi connectivity index (χ0) is 16.9. The van der Waals surface area contributed by atoms with Crippen molar-refractivity contribution in [3.8, 4) is 0 Å². The molecule has 132 valence electrons. The van der Waals surface area contributed by atoms with Crippen LogP contribution < -0.4 is 4.90 Å². The second-order valence-corrected chi connectivity index (χ2v) is 6.99. The first kappa shape index (κ1) is 17.1. The van der Waals surface area contributed by atoms with E-state index in [1.165, 1.54) is 38.5 Å². The van der Waals surface area contributed by atoms with Gasteiger partial charge in [-0.2, -0.15) is 9.50 Å². The molecule has 6 heteroatoms. The number of nitrogens with zero attached hydrogens (tertiary/aromatic N) is 6. The summed E-state index contributed by atoms with van der Waals surface area (Å²) in [6, 6.07) is 2.15. The van der Waals surface area contributed by atoms with Gasteiger partial charge in [-0.05, 0) is 39.8 Å². The van der Waals surface area contributed by atoms with Gasteiger partial charge in [-0.3, -0.25) is 4.90 Å². The Kier molecular flexibility index (Phi) is 5.66. The summed E-state index contributed by atoms with van der Waals surface area (Å²) in [5.74, 6) is 2.74. The number of hydrogen-bond acceptors (Lipinski definition) is 5. The molecule has 3 rings (SSSR count). The molecule has 0 spiro atoms. The normalized spacial score (nSPS) is 16.1. The van der Waals surface area contributed by atoms with Crippen LogP contribution in [0.25, 0.3) is 5.78 Å². The summed E-state index contributed by atoms with van der Waals surface area (Å²) in [5.41, 5.74) is 1.01. The molecule has 1 saturated heterocycles. The van der Waals surface area contributed by atoms with Crippen LogP contribution in [0.2, 0.25) is 0 Å². The van der Waals surface area contributed by atoms with Crippen LogP contribution in [0.5, 0.6) is 0 Å². The van der Waals surface area contributed by atoms with E-state index in [1.54, 1.807) is 0 Å². The number of aromatic nitrogens is 4. The minimum absolute atomic E-state index is 0.730. The average molecular weight is 330 g/mol.